The van der Waals surface area contributed by atoms with Crippen LogP contribution in [-0.4, -0.2) is 51.3 Å². The Morgan fingerprint density at radius 1 is 0.902 bits per heavy atom. The Balaban J connectivity index is 1.39. The van der Waals surface area contributed by atoms with Crippen molar-refractivity contribution in [3.05, 3.63) is 59.7 Å². The van der Waals surface area contributed by atoms with Gasteiger partial charge in [0.25, 0.3) is 11.8 Å². The zero-order chi connectivity index (χ0) is 28.6. The van der Waals surface area contributed by atoms with Gasteiger partial charge in [-0.3, -0.25) is 19.7 Å². The summed E-state index contributed by atoms with van der Waals surface area (Å²) in [5, 5.41) is 8.24. The number of ether oxygens (including phenoxy) is 2. The zero-order valence-corrected chi connectivity index (χ0v) is 22.9. The predicted octanol–water partition coefficient (Wildman–Crippen LogP) is 4.63. The zero-order valence-electron chi connectivity index (χ0n) is 22.9. The maximum Gasteiger partial charge on any atom is 0.407 e. The van der Waals surface area contributed by atoms with Gasteiger partial charge in [0.1, 0.15) is 18.2 Å². The number of rotatable bonds is 3. The van der Waals surface area contributed by atoms with Crippen LogP contribution in [0.5, 0.6) is 0 Å². The van der Waals surface area contributed by atoms with Crippen molar-refractivity contribution >= 4 is 67.5 Å². The average Bonchev–Trinajstić information content (AvgIpc) is 3.51. The Hall–Kier alpha value is -4.86. The van der Waals surface area contributed by atoms with Crippen LogP contribution in [0.2, 0.25) is 0 Å². The Morgan fingerprint density at radius 3 is 2.07 bits per heavy atom. The molecule has 208 valence electrons. The van der Waals surface area contributed by atoms with E-state index in [0.29, 0.717) is 36.0 Å². The first-order valence-electron chi connectivity index (χ1n) is 13.6. The molecule has 7 rings (SSSR count). The molecule has 0 saturated heterocycles. The lowest BCUT2D eigenvalue weighted by Gasteiger charge is -2.24. The minimum absolute atomic E-state index is 0.305. The molecule has 1 atom stereocenters. The SMILES string of the molecule is CC(C)(C)OC(=O)CNC(=O)OC1CCn2c3ccccc3c3c4c(c5c6ccccc6n(c5c32)C1)C(=O)NC4=O. The molecule has 0 bridgehead atoms. The summed E-state index contributed by atoms with van der Waals surface area (Å²) in [6.07, 6.45) is -0.764. The first kappa shape index (κ1) is 25.1. The summed E-state index contributed by atoms with van der Waals surface area (Å²) >= 11 is 0. The average molecular weight is 553 g/mol. The molecular weight excluding hydrogens is 524 g/mol. The number of hydrogen-bond acceptors (Lipinski definition) is 6. The van der Waals surface area contributed by atoms with Crippen molar-refractivity contribution < 1.29 is 28.7 Å². The van der Waals surface area contributed by atoms with Crippen LogP contribution in [0.15, 0.2) is 48.5 Å². The number of para-hydroxylation sites is 2. The number of aromatic nitrogens is 2. The molecule has 41 heavy (non-hydrogen) atoms. The lowest BCUT2D eigenvalue weighted by molar-refractivity contribution is -0.153. The molecule has 2 aromatic heterocycles. The normalized spacial score (nSPS) is 16.7. The number of fused-ring (bicyclic) bond motifs is 9. The Morgan fingerprint density at radius 2 is 1.46 bits per heavy atom. The van der Waals surface area contributed by atoms with Crippen LogP contribution < -0.4 is 10.6 Å². The third-order valence-corrected chi connectivity index (χ3v) is 7.73. The quantitative estimate of drug-likeness (QED) is 0.249. The van der Waals surface area contributed by atoms with E-state index in [1.54, 1.807) is 20.8 Å². The number of nitrogens with one attached hydrogen (secondary N) is 2. The molecule has 0 fully saturated rings. The topological polar surface area (TPSA) is 121 Å². The summed E-state index contributed by atoms with van der Waals surface area (Å²) in [6.45, 7) is 5.81. The third-order valence-electron chi connectivity index (χ3n) is 7.73. The van der Waals surface area contributed by atoms with Gasteiger partial charge in [0, 0.05) is 45.5 Å². The van der Waals surface area contributed by atoms with Gasteiger partial charge < -0.3 is 23.9 Å². The molecule has 2 aliphatic rings. The molecule has 1 unspecified atom stereocenters. The number of alkyl carbamates (subject to hydrolysis) is 1. The van der Waals surface area contributed by atoms with E-state index in [-0.39, 0.29) is 6.54 Å². The van der Waals surface area contributed by atoms with Crippen molar-refractivity contribution in [1.82, 2.24) is 19.8 Å². The van der Waals surface area contributed by atoms with E-state index < -0.39 is 35.6 Å². The first-order valence-corrected chi connectivity index (χ1v) is 13.6. The van der Waals surface area contributed by atoms with E-state index >= 15 is 0 Å². The van der Waals surface area contributed by atoms with E-state index in [4.69, 9.17) is 9.47 Å². The molecule has 2 N–H and O–H groups in total. The van der Waals surface area contributed by atoms with Crippen LogP contribution in [0.3, 0.4) is 0 Å². The van der Waals surface area contributed by atoms with Crippen molar-refractivity contribution in [2.45, 2.75) is 52.0 Å². The summed E-state index contributed by atoms with van der Waals surface area (Å²) in [5.41, 5.74) is 3.62. The van der Waals surface area contributed by atoms with Gasteiger partial charge in [0.15, 0.2) is 0 Å². The molecule has 0 aliphatic carbocycles. The second-order valence-corrected chi connectivity index (χ2v) is 11.5. The number of amides is 3. The van der Waals surface area contributed by atoms with E-state index in [2.05, 4.69) is 19.8 Å². The fraction of sp³-hybridized carbons (Fsp3) is 0.290. The molecule has 4 heterocycles. The van der Waals surface area contributed by atoms with Crippen LogP contribution in [-0.2, 0) is 27.4 Å². The number of benzene rings is 3. The van der Waals surface area contributed by atoms with E-state index in [0.717, 1.165) is 38.2 Å². The summed E-state index contributed by atoms with van der Waals surface area (Å²) in [4.78, 5) is 51.4. The highest BCUT2D eigenvalue weighted by molar-refractivity contribution is 6.39. The lowest BCUT2D eigenvalue weighted by Crippen LogP contribution is -2.37. The predicted molar refractivity (Wildman–Crippen MR) is 153 cm³/mol. The highest BCUT2D eigenvalue weighted by atomic mass is 16.6. The van der Waals surface area contributed by atoms with E-state index in [1.165, 1.54) is 0 Å². The van der Waals surface area contributed by atoms with Gasteiger partial charge in [-0.05, 0) is 32.9 Å². The van der Waals surface area contributed by atoms with Gasteiger partial charge in [0.2, 0.25) is 0 Å². The van der Waals surface area contributed by atoms with E-state index in [9.17, 15) is 19.2 Å². The third kappa shape index (κ3) is 3.85. The summed E-state index contributed by atoms with van der Waals surface area (Å²) in [7, 11) is 0. The van der Waals surface area contributed by atoms with Crippen LogP contribution in [0, 0.1) is 0 Å². The maximum absolute atomic E-state index is 13.3. The van der Waals surface area contributed by atoms with Crippen LogP contribution in [0.25, 0.3) is 43.6 Å². The lowest BCUT2D eigenvalue weighted by atomic mass is 9.96. The molecule has 2 aliphatic heterocycles. The highest BCUT2D eigenvalue weighted by Crippen LogP contribution is 2.45. The second-order valence-electron chi connectivity index (χ2n) is 11.5. The molecule has 10 heteroatoms. The van der Waals surface area contributed by atoms with Gasteiger partial charge in [0.05, 0.1) is 28.7 Å². The number of imide groups is 1. The Labute approximate surface area is 234 Å². The van der Waals surface area contributed by atoms with Crippen LogP contribution in [0.1, 0.15) is 47.9 Å². The fourth-order valence-corrected chi connectivity index (χ4v) is 6.34. The number of aryl methyl sites for hydroxylation is 1. The van der Waals surface area contributed by atoms with Gasteiger partial charge in [-0.1, -0.05) is 36.4 Å². The van der Waals surface area contributed by atoms with Crippen molar-refractivity contribution in [2.75, 3.05) is 6.54 Å². The maximum atomic E-state index is 13.3. The largest absolute Gasteiger partial charge is 0.459 e. The highest BCUT2D eigenvalue weighted by Gasteiger charge is 2.37. The molecular formula is C31H28N4O6. The second kappa shape index (κ2) is 8.82. The molecule has 3 aromatic carbocycles. The molecule has 0 spiro atoms. The molecule has 0 saturated carbocycles. The minimum Gasteiger partial charge on any atom is -0.459 e. The number of hydrogen-bond donors (Lipinski definition) is 2. The van der Waals surface area contributed by atoms with Crippen molar-refractivity contribution in [2.24, 2.45) is 0 Å². The number of carbonyl (C=O) groups is 4. The number of nitrogens with zero attached hydrogens (tertiary/aromatic N) is 2. The van der Waals surface area contributed by atoms with Crippen LogP contribution >= 0.6 is 0 Å². The van der Waals surface area contributed by atoms with Crippen molar-refractivity contribution in [1.29, 1.82) is 0 Å². The molecule has 10 nitrogen and oxygen atoms in total. The molecule has 3 amide bonds. The smallest absolute Gasteiger partial charge is 0.407 e. The van der Waals surface area contributed by atoms with Gasteiger partial charge in [-0.2, -0.15) is 0 Å². The molecule has 0 radical (unpaired) electrons. The standard InChI is InChI=1S/C31H28N4O6/c1-31(2,3)41-21(36)14-32-30(39)40-16-12-13-34-19-10-6-4-8-17(19)22-24-25(29(38)33-28(24)37)23-18-9-5-7-11-20(18)35(15-16)27(23)26(22)34/h4-11,16H,12-15H2,1-3H3,(H,32,39)(H,33,37,38). The van der Waals surface area contributed by atoms with E-state index in [1.807, 2.05) is 48.5 Å². The monoisotopic (exact) mass is 552 g/mol. The van der Waals surface area contributed by atoms with Crippen molar-refractivity contribution in [3.8, 4) is 0 Å². The first-order chi connectivity index (χ1) is 19.6. The summed E-state index contributed by atoms with van der Waals surface area (Å²) in [5.74, 6) is -1.36. The Bertz CT molecular complexity index is 1980. The fourth-order valence-electron chi connectivity index (χ4n) is 6.34. The molecule has 5 aromatic rings. The van der Waals surface area contributed by atoms with Gasteiger partial charge in [-0.15, -0.1) is 0 Å². The van der Waals surface area contributed by atoms with Crippen LogP contribution in [0.4, 0.5) is 4.79 Å². The number of carbonyl (C=O) groups excluding carboxylic acids is 4. The minimum atomic E-state index is -0.712. The summed E-state index contributed by atoms with van der Waals surface area (Å²) in [6, 6.07) is 15.6. The Kier molecular flexibility index (Phi) is 5.41. The van der Waals surface area contributed by atoms with Gasteiger partial charge >= 0.3 is 12.1 Å². The van der Waals surface area contributed by atoms with Gasteiger partial charge in [-0.25, -0.2) is 4.79 Å². The summed E-state index contributed by atoms with van der Waals surface area (Å²) < 4.78 is 15.4. The number of esters is 1. The van der Waals surface area contributed by atoms with Crippen molar-refractivity contribution in [3.63, 3.8) is 0 Å².